The predicted octanol–water partition coefficient (Wildman–Crippen LogP) is 2.09. The molecule has 2 amide bonds. The van der Waals surface area contributed by atoms with Gasteiger partial charge in [0.2, 0.25) is 0 Å². The summed E-state index contributed by atoms with van der Waals surface area (Å²) < 4.78 is 18.8. The maximum atomic E-state index is 13.5. The van der Waals surface area contributed by atoms with E-state index in [4.69, 9.17) is 4.74 Å². The average Bonchev–Trinajstić information content (AvgIpc) is 2.53. The molecule has 0 aromatic heterocycles. The molecular formula is C16H13FN2O3. The molecule has 0 saturated heterocycles. The van der Waals surface area contributed by atoms with Crippen LogP contribution >= 0.6 is 0 Å². The SMILES string of the molecule is O=C1COc2cc(CNC(=O)c3ccccc3F)ccc2N1. The number of nitrogens with one attached hydrogen (secondary N) is 2. The van der Waals surface area contributed by atoms with Crippen molar-refractivity contribution in [3.63, 3.8) is 0 Å². The molecule has 0 fully saturated rings. The lowest BCUT2D eigenvalue weighted by Gasteiger charge is -2.18. The first kappa shape index (κ1) is 14.1. The summed E-state index contributed by atoms with van der Waals surface area (Å²) in [5.74, 6) is -0.688. The molecule has 1 aliphatic rings. The van der Waals surface area contributed by atoms with Crippen molar-refractivity contribution in [2.24, 2.45) is 0 Å². The summed E-state index contributed by atoms with van der Waals surface area (Å²) >= 11 is 0. The summed E-state index contributed by atoms with van der Waals surface area (Å²) in [6, 6.07) is 11.0. The summed E-state index contributed by atoms with van der Waals surface area (Å²) in [5.41, 5.74) is 1.39. The van der Waals surface area contributed by atoms with Crippen LogP contribution in [0.2, 0.25) is 0 Å². The van der Waals surface area contributed by atoms with Gasteiger partial charge in [-0.1, -0.05) is 18.2 Å². The van der Waals surface area contributed by atoms with Gasteiger partial charge in [-0.05, 0) is 29.8 Å². The van der Waals surface area contributed by atoms with E-state index in [1.165, 1.54) is 18.2 Å². The topological polar surface area (TPSA) is 67.4 Å². The van der Waals surface area contributed by atoms with Crippen molar-refractivity contribution in [2.75, 3.05) is 11.9 Å². The average molecular weight is 300 g/mol. The van der Waals surface area contributed by atoms with E-state index in [1.807, 2.05) is 0 Å². The minimum absolute atomic E-state index is 0.00368. The van der Waals surface area contributed by atoms with Crippen LogP contribution in [0.1, 0.15) is 15.9 Å². The zero-order valence-electron chi connectivity index (χ0n) is 11.6. The van der Waals surface area contributed by atoms with Crippen LogP contribution in [0.5, 0.6) is 5.75 Å². The summed E-state index contributed by atoms with van der Waals surface area (Å²) in [4.78, 5) is 23.1. The summed E-state index contributed by atoms with van der Waals surface area (Å²) in [5, 5.41) is 5.33. The molecule has 6 heteroatoms. The van der Waals surface area contributed by atoms with Gasteiger partial charge in [-0.3, -0.25) is 9.59 Å². The third-order valence-electron chi connectivity index (χ3n) is 3.25. The van der Waals surface area contributed by atoms with Crippen molar-refractivity contribution in [3.05, 3.63) is 59.4 Å². The quantitative estimate of drug-likeness (QED) is 0.912. The standard InChI is InChI=1S/C16H13FN2O3/c17-12-4-2-1-3-11(12)16(21)18-8-10-5-6-13-14(7-10)22-9-15(20)19-13/h1-7H,8-9H2,(H,18,21)(H,19,20). The zero-order chi connectivity index (χ0) is 15.5. The fourth-order valence-corrected chi connectivity index (χ4v) is 2.15. The highest BCUT2D eigenvalue weighted by atomic mass is 19.1. The number of hydrogen-bond donors (Lipinski definition) is 2. The molecule has 3 rings (SSSR count). The molecule has 1 aliphatic heterocycles. The number of amides is 2. The molecule has 1 heterocycles. The fraction of sp³-hybridized carbons (Fsp3) is 0.125. The summed E-state index contributed by atoms with van der Waals surface area (Å²) in [6.07, 6.45) is 0. The van der Waals surface area contributed by atoms with Gasteiger partial charge in [0.05, 0.1) is 11.3 Å². The van der Waals surface area contributed by atoms with E-state index in [0.29, 0.717) is 11.4 Å². The molecule has 2 aromatic carbocycles. The number of rotatable bonds is 3. The first-order valence-electron chi connectivity index (χ1n) is 6.72. The van der Waals surface area contributed by atoms with Crippen LogP contribution < -0.4 is 15.4 Å². The highest BCUT2D eigenvalue weighted by Crippen LogP contribution is 2.28. The maximum absolute atomic E-state index is 13.5. The second-order valence-electron chi connectivity index (χ2n) is 4.83. The van der Waals surface area contributed by atoms with E-state index >= 15 is 0 Å². The molecule has 0 spiro atoms. The van der Waals surface area contributed by atoms with Crippen molar-refractivity contribution >= 4 is 17.5 Å². The lowest BCUT2D eigenvalue weighted by atomic mass is 10.1. The van der Waals surface area contributed by atoms with Gasteiger partial charge in [-0.2, -0.15) is 0 Å². The van der Waals surface area contributed by atoms with Crippen LogP contribution in [-0.2, 0) is 11.3 Å². The van der Waals surface area contributed by atoms with Crippen LogP contribution in [0.4, 0.5) is 10.1 Å². The largest absolute Gasteiger partial charge is 0.482 e. The van der Waals surface area contributed by atoms with Crippen molar-refractivity contribution in [3.8, 4) is 5.75 Å². The van der Waals surface area contributed by atoms with E-state index in [9.17, 15) is 14.0 Å². The van der Waals surface area contributed by atoms with E-state index in [-0.39, 0.29) is 24.6 Å². The van der Waals surface area contributed by atoms with E-state index in [2.05, 4.69) is 10.6 Å². The first-order valence-corrected chi connectivity index (χ1v) is 6.72. The molecule has 2 aromatic rings. The Kier molecular flexibility index (Phi) is 3.74. The Morgan fingerprint density at radius 1 is 1.27 bits per heavy atom. The Hall–Kier alpha value is -2.89. The maximum Gasteiger partial charge on any atom is 0.262 e. The molecule has 0 radical (unpaired) electrons. The smallest absolute Gasteiger partial charge is 0.262 e. The Balaban J connectivity index is 1.68. The van der Waals surface area contributed by atoms with E-state index < -0.39 is 11.7 Å². The second kappa shape index (κ2) is 5.85. The zero-order valence-corrected chi connectivity index (χ0v) is 11.6. The monoisotopic (exact) mass is 300 g/mol. The predicted molar refractivity (Wildman–Crippen MR) is 78.1 cm³/mol. The van der Waals surface area contributed by atoms with Gasteiger partial charge in [0.25, 0.3) is 11.8 Å². The van der Waals surface area contributed by atoms with Gasteiger partial charge in [-0.25, -0.2) is 4.39 Å². The van der Waals surface area contributed by atoms with Gasteiger partial charge in [0.15, 0.2) is 6.61 Å². The van der Waals surface area contributed by atoms with Gasteiger partial charge >= 0.3 is 0 Å². The van der Waals surface area contributed by atoms with Gasteiger partial charge in [0.1, 0.15) is 11.6 Å². The third kappa shape index (κ3) is 2.90. The number of fused-ring (bicyclic) bond motifs is 1. The highest BCUT2D eigenvalue weighted by Gasteiger charge is 2.16. The number of carbonyl (C=O) groups is 2. The Bertz CT molecular complexity index is 746. The molecule has 0 atom stereocenters. The fourth-order valence-electron chi connectivity index (χ4n) is 2.15. The lowest BCUT2D eigenvalue weighted by Crippen LogP contribution is -2.26. The van der Waals surface area contributed by atoms with Crippen molar-refractivity contribution in [1.29, 1.82) is 0 Å². The molecule has 0 unspecified atom stereocenters. The van der Waals surface area contributed by atoms with E-state index in [1.54, 1.807) is 24.3 Å². The number of benzene rings is 2. The minimum atomic E-state index is -0.559. The first-order chi connectivity index (χ1) is 10.6. The summed E-state index contributed by atoms with van der Waals surface area (Å²) in [7, 11) is 0. The van der Waals surface area contributed by atoms with Gasteiger partial charge in [-0.15, -0.1) is 0 Å². The van der Waals surface area contributed by atoms with Crippen LogP contribution in [0, 0.1) is 5.82 Å². The number of ether oxygens (including phenoxy) is 1. The Labute approximate surface area is 126 Å². The molecule has 0 aliphatic carbocycles. The van der Waals surface area contributed by atoms with Gasteiger partial charge < -0.3 is 15.4 Å². The van der Waals surface area contributed by atoms with Gasteiger partial charge in [0, 0.05) is 6.54 Å². The van der Waals surface area contributed by atoms with Crippen LogP contribution in [0.15, 0.2) is 42.5 Å². The van der Waals surface area contributed by atoms with Crippen molar-refractivity contribution in [2.45, 2.75) is 6.54 Å². The number of halogens is 1. The van der Waals surface area contributed by atoms with E-state index in [0.717, 1.165) is 5.56 Å². The van der Waals surface area contributed by atoms with Crippen LogP contribution in [0.25, 0.3) is 0 Å². The molecule has 0 bridgehead atoms. The van der Waals surface area contributed by atoms with Crippen molar-refractivity contribution < 1.29 is 18.7 Å². The second-order valence-corrected chi connectivity index (χ2v) is 4.83. The molecule has 112 valence electrons. The molecule has 0 saturated carbocycles. The Morgan fingerprint density at radius 3 is 2.91 bits per heavy atom. The number of carbonyl (C=O) groups excluding carboxylic acids is 2. The van der Waals surface area contributed by atoms with Crippen LogP contribution in [-0.4, -0.2) is 18.4 Å². The van der Waals surface area contributed by atoms with Crippen LogP contribution in [0.3, 0.4) is 0 Å². The highest BCUT2D eigenvalue weighted by molar-refractivity contribution is 5.95. The molecule has 5 nitrogen and oxygen atoms in total. The minimum Gasteiger partial charge on any atom is -0.482 e. The normalized spacial score (nSPS) is 12.9. The number of anilines is 1. The molecule has 22 heavy (non-hydrogen) atoms. The third-order valence-corrected chi connectivity index (χ3v) is 3.25. The Morgan fingerprint density at radius 2 is 2.09 bits per heavy atom. The molecule has 2 N–H and O–H groups in total. The number of hydrogen-bond acceptors (Lipinski definition) is 3. The lowest BCUT2D eigenvalue weighted by molar-refractivity contribution is -0.118. The molecular weight excluding hydrogens is 287 g/mol. The van der Waals surface area contributed by atoms with Crippen molar-refractivity contribution in [1.82, 2.24) is 5.32 Å². The summed E-state index contributed by atoms with van der Waals surface area (Å²) in [6.45, 7) is 0.204.